The predicted octanol–water partition coefficient (Wildman–Crippen LogP) is 5.42. The van der Waals surface area contributed by atoms with Crippen molar-refractivity contribution < 1.29 is 18.0 Å². The lowest BCUT2D eigenvalue weighted by atomic mass is 10.1. The number of thiazole rings is 1. The summed E-state index contributed by atoms with van der Waals surface area (Å²) in [7, 11) is 0. The van der Waals surface area contributed by atoms with Crippen LogP contribution in [-0.2, 0) is 12.7 Å². The van der Waals surface area contributed by atoms with Crippen molar-refractivity contribution in [2.45, 2.75) is 12.7 Å². The zero-order valence-electron chi connectivity index (χ0n) is 14.4. The summed E-state index contributed by atoms with van der Waals surface area (Å²) < 4.78 is 40.7. The molecule has 4 aromatic rings. The van der Waals surface area contributed by atoms with Gasteiger partial charge in [-0.25, -0.2) is 4.98 Å². The third-order valence-electron chi connectivity index (χ3n) is 4.29. The fourth-order valence-corrected chi connectivity index (χ4v) is 3.57. The first-order valence-corrected chi connectivity index (χ1v) is 9.24. The Morgan fingerprint density at radius 3 is 2.71 bits per heavy atom. The number of nitrogens with zero attached hydrogens (tertiary/aromatic N) is 2. The van der Waals surface area contributed by atoms with Gasteiger partial charge in [-0.05, 0) is 23.8 Å². The van der Waals surface area contributed by atoms with Gasteiger partial charge < -0.3 is 4.57 Å². The zero-order chi connectivity index (χ0) is 19.7. The van der Waals surface area contributed by atoms with Crippen molar-refractivity contribution in [1.29, 1.82) is 0 Å². The average molecular weight is 401 g/mol. The van der Waals surface area contributed by atoms with Gasteiger partial charge in [0.05, 0.1) is 11.1 Å². The summed E-state index contributed by atoms with van der Waals surface area (Å²) in [6.45, 7) is 0.217. The first kappa shape index (κ1) is 18.2. The number of anilines is 1. The molecule has 0 saturated heterocycles. The van der Waals surface area contributed by atoms with E-state index in [0.717, 1.165) is 23.0 Å². The van der Waals surface area contributed by atoms with Crippen molar-refractivity contribution in [2.24, 2.45) is 0 Å². The SMILES string of the molecule is O=C(Nc1nccs1)c1cn(Cc2cccc(C(F)(F)F)c2)c2ccccc12. The third kappa shape index (κ3) is 3.63. The van der Waals surface area contributed by atoms with Gasteiger partial charge in [-0.3, -0.25) is 10.1 Å². The molecule has 1 amide bonds. The van der Waals surface area contributed by atoms with E-state index in [2.05, 4.69) is 10.3 Å². The van der Waals surface area contributed by atoms with E-state index in [0.29, 0.717) is 16.3 Å². The molecule has 142 valence electrons. The standard InChI is InChI=1S/C20H14F3N3OS/c21-20(22,23)14-5-3-4-13(10-14)11-26-12-16(15-6-1-2-7-17(15)26)18(27)25-19-24-8-9-28-19/h1-10,12H,11H2,(H,24,25,27). The minimum Gasteiger partial charge on any atom is -0.342 e. The predicted molar refractivity (Wildman–Crippen MR) is 103 cm³/mol. The lowest BCUT2D eigenvalue weighted by Crippen LogP contribution is -2.11. The second-order valence-electron chi connectivity index (χ2n) is 6.18. The summed E-state index contributed by atoms with van der Waals surface area (Å²) >= 11 is 1.31. The van der Waals surface area contributed by atoms with E-state index in [1.807, 2.05) is 24.3 Å². The van der Waals surface area contributed by atoms with Crippen molar-refractivity contribution in [3.63, 3.8) is 0 Å². The largest absolute Gasteiger partial charge is 0.416 e. The second-order valence-corrected chi connectivity index (χ2v) is 7.07. The Bertz CT molecular complexity index is 1130. The van der Waals surface area contributed by atoms with Gasteiger partial charge in [0.2, 0.25) is 0 Å². The Labute approximate surface area is 162 Å². The number of carbonyl (C=O) groups is 1. The average Bonchev–Trinajstić information content (AvgIpc) is 3.30. The number of para-hydroxylation sites is 1. The van der Waals surface area contributed by atoms with E-state index in [9.17, 15) is 18.0 Å². The van der Waals surface area contributed by atoms with Crippen LogP contribution in [0.4, 0.5) is 18.3 Å². The molecular formula is C20H14F3N3OS. The molecule has 0 bridgehead atoms. The molecule has 2 heterocycles. The molecule has 4 rings (SSSR count). The van der Waals surface area contributed by atoms with Crippen molar-refractivity contribution >= 4 is 33.3 Å². The Kier molecular flexibility index (Phi) is 4.64. The fraction of sp³-hybridized carbons (Fsp3) is 0.100. The molecule has 0 radical (unpaired) electrons. The maximum absolute atomic E-state index is 13.0. The number of nitrogens with one attached hydrogen (secondary N) is 1. The molecule has 0 spiro atoms. The van der Waals surface area contributed by atoms with Gasteiger partial charge in [0.15, 0.2) is 5.13 Å². The zero-order valence-corrected chi connectivity index (χ0v) is 15.2. The van der Waals surface area contributed by atoms with Gasteiger partial charge in [0, 0.05) is 35.2 Å². The monoisotopic (exact) mass is 401 g/mol. The number of benzene rings is 2. The first-order chi connectivity index (χ1) is 13.4. The van der Waals surface area contributed by atoms with E-state index in [4.69, 9.17) is 0 Å². The highest BCUT2D eigenvalue weighted by Crippen LogP contribution is 2.30. The third-order valence-corrected chi connectivity index (χ3v) is 4.98. The summed E-state index contributed by atoms with van der Waals surface area (Å²) in [6, 6.07) is 12.5. The summed E-state index contributed by atoms with van der Waals surface area (Å²) in [5.74, 6) is -0.311. The summed E-state index contributed by atoms with van der Waals surface area (Å²) in [6.07, 6.45) is -1.14. The lowest BCUT2D eigenvalue weighted by Gasteiger charge is -2.10. The van der Waals surface area contributed by atoms with E-state index in [1.54, 1.807) is 28.4 Å². The number of amides is 1. The van der Waals surface area contributed by atoms with E-state index in [-0.39, 0.29) is 12.5 Å². The highest BCUT2D eigenvalue weighted by atomic mass is 32.1. The number of rotatable bonds is 4. The number of alkyl halides is 3. The van der Waals surface area contributed by atoms with E-state index < -0.39 is 11.7 Å². The minimum atomic E-state index is -4.40. The van der Waals surface area contributed by atoms with Crippen molar-refractivity contribution in [1.82, 2.24) is 9.55 Å². The first-order valence-electron chi connectivity index (χ1n) is 8.37. The van der Waals surface area contributed by atoms with Gasteiger partial charge >= 0.3 is 6.18 Å². The van der Waals surface area contributed by atoms with Crippen molar-refractivity contribution in [3.8, 4) is 0 Å². The van der Waals surface area contributed by atoms with Crippen LogP contribution >= 0.6 is 11.3 Å². The van der Waals surface area contributed by atoms with Crippen molar-refractivity contribution in [2.75, 3.05) is 5.32 Å². The van der Waals surface area contributed by atoms with Crippen LogP contribution in [0.25, 0.3) is 10.9 Å². The van der Waals surface area contributed by atoms with Crippen molar-refractivity contribution in [3.05, 3.63) is 83.0 Å². The Hall–Kier alpha value is -3.13. The fourth-order valence-electron chi connectivity index (χ4n) is 3.05. The van der Waals surface area contributed by atoms with Gasteiger partial charge in [-0.1, -0.05) is 30.3 Å². The number of carbonyl (C=O) groups excluding carboxylic acids is 1. The summed E-state index contributed by atoms with van der Waals surface area (Å²) in [5.41, 5.74) is 1.02. The van der Waals surface area contributed by atoms with Gasteiger partial charge in [-0.2, -0.15) is 13.2 Å². The summed E-state index contributed by atoms with van der Waals surface area (Å²) in [4.78, 5) is 16.7. The minimum absolute atomic E-state index is 0.217. The number of fused-ring (bicyclic) bond motifs is 1. The Balaban J connectivity index is 1.70. The highest BCUT2D eigenvalue weighted by Gasteiger charge is 2.30. The molecule has 0 aliphatic carbocycles. The van der Waals surface area contributed by atoms with Gasteiger partial charge in [-0.15, -0.1) is 11.3 Å². The van der Waals surface area contributed by atoms with Crippen LogP contribution in [0.1, 0.15) is 21.5 Å². The molecule has 0 saturated carbocycles. The highest BCUT2D eigenvalue weighted by molar-refractivity contribution is 7.13. The van der Waals surface area contributed by atoms with Crippen LogP contribution in [0.3, 0.4) is 0 Å². The van der Waals surface area contributed by atoms with Crippen LogP contribution < -0.4 is 5.32 Å². The number of halogens is 3. The Morgan fingerprint density at radius 1 is 1.14 bits per heavy atom. The van der Waals surface area contributed by atoms with Crippen LogP contribution in [0.5, 0.6) is 0 Å². The van der Waals surface area contributed by atoms with E-state index >= 15 is 0 Å². The lowest BCUT2D eigenvalue weighted by molar-refractivity contribution is -0.137. The molecule has 2 aromatic heterocycles. The maximum Gasteiger partial charge on any atom is 0.416 e. The van der Waals surface area contributed by atoms with Crippen LogP contribution in [0, 0.1) is 0 Å². The summed E-state index contributed by atoms with van der Waals surface area (Å²) in [5, 5.41) is 5.71. The number of hydrogen-bond acceptors (Lipinski definition) is 3. The molecular weight excluding hydrogens is 387 g/mol. The number of aromatic nitrogens is 2. The maximum atomic E-state index is 13.0. The quantitative estimate of drug-likeness (QED) is 0.497. The second kappa shape index (κ2) is 7.12. The molecule has 0 atom stereocenters. The molecule has 28 heavy (non-hydrogen) atoms. The Morgan fingerprint density at radius 2 is 1.96 bits per heavy atom. The van der Waals surface area contributed by atoms with Crippen LogP contribution in [0.15, 0.2) is 66.3 Å². The molecule has 0 aliphatic heterocycles. The van der Waals surface area contributed by atoms with Gasteiger partial charge in [0.25, 0.3) is 5.91 Å². The van der Waals surface area contributed by atoms with E-state index in [1.165, 1.54) is 17.4 Å². The molecule has 0 unspecified atom stereocenters. The van der Waals surface area contributed by atoms with Crippen LogP contribution in [-0.4, -0.2) is 15.5 Å². The smallest absolute Gasteiger partial charge is 0.342 e. The van der Waals surface area contributed by atoms with Crippen LogP contribution in [0.2, 0.25) is 0 Å². The topological polar surface area (TPSA) is 46.9 Å². The normalized spacial score (nSPS) is 11.7. The number of hydrogen-bond donors (Lipinski definition) is 1. The molecule has 0 fully saturated rings. The molecule has 1 N–H and O–H groups in total. The molecule has 2 aromatic carbocycles. The molecule has 8 heteroatoms. The van der Waals surface area contributed by atoms with Gasteiger partial charge in [0.1, 0.15) is 0 Å². The molecule has 0 aliphatic rings. The molecule has 4 nitrogen and oxygen atoms in total.